The summed E-state index contributed by atoms with van der Waals surface area (Å²) in [4.78, 5) is 24.9. The van der Waals surface area contributed by atoms with E-state index in [9.17, 15) is 14.9 Å². The van der Waals surface area contributed by atoms with Gasteiger partial charge in [0.15, 0.2) is 5.69 Å². The zero-order valence-corrected chi connectivity index (χ0v) is 13.5. The van der Waals surface area contributed by atoms with Crippen LogP contribution in [0.15, 0.2) is 24.3 Å². The highest BCUT2D eigenvalue weighted by Gasteiger charge is 2.28. The van der Waals surface area contributed by atoms with Gasteiger partial charge in [-0.05, 0) is 19.9 Å². The van der Waals surface area contributed by atoms with Gasteiger partial charge in [0.1, 0.15) is 0 Å². The van der Waals surface area contributed by atoms with Crippen LogP contribution in [0.2, 0.25) is 0 Å². The second kappa shape index (κ2) is 6.36. The minimum atomic E-state index is -0.468. The zero-order chi connectivity index (χ0) is 17.3. The SMILES string of the molecule is Cc1c(C(=O)N2CCNC[C@@H]2C)nnn1-c1cccc([N+](=O)[O-])c1. The van der Waals surface area contributed by atoms with Crippen molar-refractivity contribution in [3.63, 3.8) is 0 Å². The topological polar surface area (TPSA) is 106 Å². The molecule has 1 saturated heterocycles. The van der Waals surface area contributed by atoms with Crippen molar-refractivity contribution >= 4 is 11.6 Å². The summed E-state index contributed by atoms with van der Waals surface area (Å²) in [6.45, 7) is 5.81. The second-order valence-electron chi connectivity index (χ2n) is 5.76. The smallest absolute Gasteiger partial charge is 0.276 e. The van der Waals surface area contributed by atoms with Crippen LogP contribution < -0.4 is 5.32 Å². The Hall–Kier alpha value is -2.81. The molecule has 24 heavy (non-hydrogen) atoms. The van der Waals surface area contributed by atoms with Gasteiger partial charge in [0.2, 0.25) is 0 Å². The van der Waals surface area contributed by atoms with E-state index in [4.69, 9.17) is 0 Å². The van der Waals surface area contributed by atoms with Crippen LogP contribution in [0.25, 0.3) is 5.69 Å². The Morgan fingerprint density at radius 2 is 2.25 bits per heavy atom. The van der Waals surface area contributed by atoms with Crippen molar-refractivity contribution in [3.05, 3.63) is 45.8 Å². The maximum atomic E-state index is 12.7. The molecule has 3 rings (SSSR count). The molecule has 9 nitrogen and oxygen atoms in total. The van der Waals surface area contributed by atoms with Crippen LogP contribution in [0.1, 0.15) is 23.1 Å². The molecule has 1 aromatic heterocycles. The fourth-order valence-electron chi connectivity index (χ4n) is 2.79. The van der Waals surface area contributed by atoms with Crippen molar-refractivity contribution in [3.8, 4) is 5.69 Å². The number of benzene rings is 1. The van der Waals surface area contributed by atoms with Gasteiger partial charge in [-0.2, -0.15) is 0 Å². The van der Waals surface area contributed by atoms with Gasteiger partial charge < -0.3 is 10.2 Å². The number of nitro groups is 1. The van der Waals surface area contributed by atoms with E-state index < -0.39 is 4.92 Å². The minimum Gasteiger partial charge on any atom is -0.332 e. The van der Waals surface area contributed by atoms with Crippen LogP contribution in [0, 0.1) is 17.0 Å². The summed E-state index contributed by atoms with van der Waals surface area (Å²) in [6, 6.07) is 6.16. The maximum Gasteiger partial charge on any atom is 0.276 e. The van der Waals surface area contributed by atoms with E-state index in [1.807, 2.05) is 6.92 Å². The van der Waals surface area contributed by atoms with E-state index in [2.05, 4.69) is 15.6 Å². The Labute approximate surface area is 138 Å². The molecule has 1 amide bonds. The van der Waals surface area contributed by atoms with Gasteiger partial charge in [-0.1, -0.05) is 11.3 Å². The fourth-order valence-corrected chi connectivity index (χ4v) is 2.79. The number of amides is 1. The molecule has 0 saturated carbocycles. The summed E-state index contributed by atoms with van der Waals surface area (Å²) in [5.74, 6) is -0.168. The maximum absolute atomic E-state index is 12.7. The van der Waals surface area contributed by atoms with Gasteiger partial charge in [0.25, 0.3) is 11.6 Å². The highest BCUT2D eigenvalue weighted by atomic mass is 16.6. The number of nitrogens with zero attached hydrogens (tertiary/aromatic N) is 5. The Balaban J connectivity index is 1.92. The van der Waals surface area contributed by atoms with Gasteiger partial charge >= 0.3 is 0 Å². The van der Waals surface area contributed by atoms with Gasteiger partial charge in [-0.25, -0.2) is 4.68 Å². The Kier molecular flexibility index (Phi) is 4.26. The molecule has 0 spiro atoms. The van der Waals surface area contributed by atoms with E-state index in [0.717, 1.165) is 13.1 Å². The molecule has 2 heterocycles. The van der Waals surface area contributed by atoms with Crippen LogP contribution in [-0.4, -0.2) is 56.4 Å². The molecule has 1 aliphatic heterocycles. The summed E-state index contributed by atoms with van der Waals surface area (Å²) in [5, 5.41) is 22.2. The number of nitrogens with one attached hydrogen (secondary N) is 1. The first-order valence-corrected chi connectivity index (χ1v) is 7.68. The van der Waals surface area contributed by atoms with Crippen LogP contribution in [0.3, 0.4) is 0 Å². The lowest BCUT2D eigenvalue weighted by Gasteiger charge is -2.33. The van der Waals surface area contributed by atoms with Crippen molar-refractivity contribution < 1.29 is 9.72 Å². The average molecular weight is 330 g/mol. The number of piperazine rings is 1. The molecule has 1 fully saturated rings. The zero-order valence-electron chi connectivity index (χ0n) is 13.5. The number of non-ortho nitro benzene ring substituents is 1. The summed E-state index contributed by atoms with van der Waals surface area (Å²) in [6.07, 6.45) is 0. The molecule has 1 aromatic carbocycles. The predicted molar refractivity (Wildman–Crippen MR) is 86.1 cm³/mol. The van der Waals surface area contributed by atoms with Crippen molar-refractivity contribution in [2.24, 2.45) is 0 Å². The first-order valence-electron chi connectivity index (χ1n) is 7.68. The van der Waals surface area contributed by atoms with Gasteiger partial charge in [0.05, 0.1) is 16.3 Å². The molecule has 0 radical (unpaired) electrons. The lowest BCUT2D eigenvalue weighted by Crippen LogP contribution is -2.52. The highest BCUT2D eigenvalue weighted by Crippen LogP contribution is 2.19. The number of aromatic nitrogens is 3. The molecular weight excluding hydrogens is 312 g/mol. The van der Waals surface area contributed by atoms with Crippen molar-refractivity contribution in [1.29, 1.82) is 0 Å². The van der Waals surface area contributed by atoms with Crippen LogP contribution in [0.4, 0.5) is 5.69 Å². The average Bonchev–Trinajstić information content (AvgIpc) is 2.96. The molecule has 9 heteroatoms. The number of carbonyl (C=O) groups is 1. The number of hydrogen-bond donors (Lipinski definition) is 1. The van der Waals surface area contributed by atoms with Crippen molar-refractivity contribution in [2.45, 2.75) is 19.9 Å². The molecule has 126 valence electrons. The molecule has 2 aromatic rings. The molecule has 1 atom stereocenters. The van der Waals surface area contributed by atoms with Crippen LogP contribution in [0.5, 0.6) is 0 Å². The van der Waals surface area contributed by atoms with Crippen molar-refractivity contribution in [2.75, 3.05) is 19.6 Å². The summed E-state index contributed by atoms with van der Waals surface area (Å²) in [5.41, 5.74) is 1.30. The standard InChI is InChI=1S/C15H18N6O3/c1-10-9-16-6-7-19(10)15(22)14-11(2)20(18-17-14)12-4-3-5-13(8-12)21(23)24/h3-5,8,10,16H,6-7,9H2,1-2H3/t10-/m0/s1. The first-order chi connectivity index (χ1) is 11.5. The van der Waals surface area contributed by atoms with Gasteiger partial charge in [-0.3, -0.25) is 14.9 Å². The molecule has 0 aliphatic carbocycles. The number of hydrogen-bond acceptors (Lipinski definition) is 6. The van der Waals surface area contributed by atoms with Gasteiger partial charge in [0, 0.05) is 37.8 Å². The monoisotopic (exact) mass is 330 g/mol. The molecule has 0 unspecified atom stereocenters. The third-order valence-corrected chi connectivity index (χ3v) is 4.14. The summed E-state index contributed by atoms with van der Waals surface area (Å²) >= 11 is 0. The van der Waals surface area contributed by atoms with Crippen LogP contribution >= 0.6 is 0 Å². The van der Waals surface area contributed by atoms with E-state index in [-0.39, 0.29) is 23.3 Å². The van der Waals surface area contributed by atoms with Gasteiger partial charge in [-0.15, -0.1) is 5.10 Å². The Morgan fingerprint density at radius 1 is 1.46 bits per heavy atom. The summed E-state index contributed by atoms with van der Waals surface area (Å²) in [7, 11) is 0. The lowest BCUT2D eigenvalue weighted by atomic mass is 10.2. The Morgan fingerprint density at radius 3 is 2.96 bits per heavy atom. The molecule has 1 N–H and O–H groups in total. The first kappa shape index (κ1) is 16.1. The van der Waals surface area contributed by atoms with E-state index >= 15 is 0 Å². The number of nitro benzene ring substituents is 1. The molecule has 1 aliphatic rings. The summed E-state index contributed by atoms with van der Waals surface area (Å²) < 4.78 is 1.45. The number of rotatable bonds is 3. The number of carbonyl (C=O) groups excluding carboxylic acids is 1. The largest absolute Gasteiger partial charge is 0.332 e. The van der Waals surface area contributed by atoms with Crippen LogP contribution in [-0.2, 0) is 0 Å². The predicted octanol–water partition coefficient (Wildman–Crippen LogP) is 0.918. The van der Waals surface area contributed by atoms with Crippen molar-refractivity contribution in [1.82, 2.24) is 25.2 Å². The third-order valence-electron chi connectivity index (χ3n) is 4.14. The molecular formula is C15H18N6O3. The Bertz CT molecular complexity index is 787. The third kappa shape index (κ3) is 2.85. The van der Waals surface area contributed by atoms with E-state index in [1.165, 1.54) is 16.8 Å². The quantitative estimate of drug-likeness (QED) is 0.662. The fraction of sp³-hybridized carbons (Fsp3) is 0.400. The lowest BCUT2D eigenvalue weighted by molar-refractivity contribution is -0.384. The van der Waals surface area contributed by atoms with E-state index in [1.54, 1.807) is 24.0 Å². The minimum absolute atomic E-state index is 0.0361. The van der Waals surface area contributed by atoms with E-state index in [0.29, 0.717) is 17.9 Å². The highest BCUT2D eigenvalue weighted by molar-refractivity contribution is 5.93. The second-order valence-corrected chi connectivity index (χ2v) is 5.76. The normalized spacial score (nSPS) is 17.8. The molecule has 0 bridgehead atoms.